The van der Waals surface area contributed by atoms with Crippen LogP contribution in [0.1, 0.15) is 0 Å². The lowest BCUT2D eigenvalue weighted by atomic mass is 10.1. The van der Waals surface area contributed by atoms with Gasteiger partial charge in [0.1, 0.15) is 17.3 Å². The molecule has 5 heteroatoms. The molecule has 0 fully saturated rings. The molecule has 0 saturated carbocycles. The summed E-state index contributed by atoms with van der Waals surface area (Å²) in [5.41, 5.74) is 9.38. The van der Waals surface area contributed by atoms with Gasteiger partial charge in [-0.05, 0) is 36.4 Å². The Balaban J connectivity index is 1.81. The molecule has 3 aromatic carbocycles. The van der Waals surface area contributed by atoms with Crippen molar-refractivity contribution in [3.63, 3.8) is 0 Å². The summed E-state index contributed by atoms with van der Waals surface area (Å²) in [4.78, 5) is 2.02. The minimum Gasteiger partial charge on any atom is -0.497 e. The Bertz CT molecular complexity index is 1030. The molecule has 0 aliphatic heterocycles. The fraction of sp³-hybridized carbons (Fsp3) is 0.0455. The van der Waals surface area contributed by atoms with Crippen molar-refractivity contribution in [3.8, 4) is 22.7 Å². The average Bonchev–Trinajstić information content (AvgIpc) is 3.06. The van der Waals surface area contributed by atoms with Crippen LogP contribution in [0.2, 0.25) is 0 Å². The van der Waals surface area contributed by atoms with E-state index in [1.165, 1.54) is 0 Å². The van der Waals surface area contributed by atoms with Crippen molar-refractivity contribution < 1.29 is 4.74 Å². The number of ether oxygens (including phenoxy) is 1. The van der Waals surface area contributed by atoms with Crippen molar-refractivity contribution in [2.45, 2.75) is 9.79 Å². The minimum absolute atomic E-state index is 0.626. The first-order valence-corrected chi connectivity index (χ1v) is 9.39. The molecule has 0 aliphatic carbocycles. The van der Waals surface area contributed by atoms with Crippen LogP contribution in [0.25, 0.3) is 16.9 Å². The van der Waals surface area contributed by atoms with Crippen LogP contribution < -0.4 is 10.5 Å². The molecule has 4 nitrogen and oxygen atoms in total. The molecule has 4 aromatic rings. The highest BCUT2D eigenvalue weighted by atomic mass is 32.2. The van der Waals surface area contributed by atoms with Gasteiger partial charge in [-0.3, -0.25) is 0 Å². The number of methoxy groups -OCH3 is 1. The molecule has 0 amide bonds. The van der Waals surface area contributed by atoms with E-state index >= 15 is 0 Å². The van der Waals surface area contributed by atoms with E-state index in [0.717, 1.165) is 32.5 Å². The van der Waals surface area contributed by atoms with Crippen LogP contribution in [0.5, 0.6) is 5.75 Å². The first kappa shape index (κ1) is 17.2. The molecule has 0 unspecified atom stereocenters. The first-order valence-electron chi connectivity index (χ1n) is 8.57. The zero-order valence-electron chi connectivity index (χ0n) is 14.9. The predicted octanol–water partition coefficient (Wildman–Crippen LogP) is 5.28. The summed E-state index contributed by atoms with van der Waals surface area (Å²) in [7, 11) is 1.66. The van der Waals surface area contributed by atoms with Gasteiger partial charge in [0.2, 0.25) is 0 Å². The van der Waals surface area contributed by atoms with Crippen LogP contribution in [0, 0.1) is 0 Å². The van der Waals surface area contributed by atoms with Gasteiger partial charge >= 0.3 is 0 Å². The Morgan fingerprint density at radius 1 is 0.852 bits per heavy atom. The second-order valence-electron chi connectivity index (χ2n) is 5.95. The summed E-state index contributed by atoms with van der Waals surface area (Å²) in [5.74, 6) is 1.46. The molecular weight excluding hydrogens is 354 g/mol. The molecule has 0 saturated heterocycles. The molecule has 0 atom stereocenters. The number of hydrogen-bond acceptors (Lipinski definition) is 4. The maximum absolute atomic E-state index is 6.53. The molecule has 27 heavy (non-hydrogen) atoms. The van der Waals surface area contributed by atoms with Crippen LogP contribution in [0.4, 0.5) is 5.82 Å². The number of anilines is 1. The number of nitrogen functional groups attached to an aromatic ring is 1. The first-order chi connectivity index (χ1) is 13.3. The number of rotatable bonds is 5. The Morgan fingerprint density at radius 2 is 1.48 bits per heavy atom. The topological polar surface area (TPSA) is 53.1 Å². The van der Waals surface area contributed by atoms with Crippen LogP contribution in [0.3, 0.4) is 0 Å². The third-order valence-electron chi connectivity index (χ3n) is 4.20. The monoisotopic (exact) mass is 373 g/mol. The Kier molecular flexibility index (Phi) is 4.85. The van der Waals surface area contributed by atoms with Gasteiger partial charge in [-0.1, -0.05) is 60.3 Å². The van der Waals surface area contributed by atoms with E-state index in [2.05, 4.69) is 12.1 Å². The highest BCUT2D eigenvalue weighted by molar-refractivity contribution is 7.99. The summed E-state index contributed by atoms with van der Waals surface area (Å²) >= 11 is 1.61. The lowest BCUT2D eigenvalue weighted by molar-refractivity contribution is 0.414. The Morgan fingerprint density at radius 3 is 2.11 bits per heavy atom. The van der Waals surface area contributed by atoms with Crippen molar-refractivity contribution in [1.82, 2.24) is 9.78 Å². The smallest absolute Gasteiger partial charge is 0.141 e. The van der Waals surface area contributed by atoms with Crippen molar-refractivity contribution >= 4 is 17.6 Å². The van der Waals surface area contributed by atoms with E-state index in [4.69, 9.17) is 15.6 Å². The molecule has 1 aromatic heterocycles. The van der Waals surface area contributed by atoms with Gasteiger partial charge in [0.25, 0.3) is 0 Å². The standard InChI is InChI=1S/C22H19N3OS/c1-26-18-12-14-19(15-13-18)27-21-20(16-8-4-2-5-9-16)24-25(22(21)23)17-10-6-3-7-11-17/h2-15H,23H2,1H3. The third kappa shape index (κ3) is 3.55. The number of aromatic nitrogens is 2. The van der Waals surface area contributed by atoms with E-state index in [1.807, 2.05) is 72.8 Å². The maximum Gasteiger partial charge on any atom is 0.141 e. The Hall–Kier alpha value is -3.18. The number of hydrogen-bond donors (Lipinski definition) is 1. The molecule has 2 N–H and O–H groups in total. The molecule has 134 valence electrons. The Labute approximate surface area is 162 Å². The van der Waals surface area contributed by atoms with Crippen LogP contribution in [0.15, 0.2) is 94.7 Å². The number of nitrogens with zero attached hydrogens (tertiary/aromatic N) is 2. The fourth-order valence-corrected chi connectivity index (χ4v) is 3.78. The molecule has 0 radical (unpaired) electrons. The lowest BCUT2D eigenvalue weighted by Crippen LogP contribution is -2.01. The van der Waals surface area contributed by atoms with Gasteiger partial charge in [0.05, 0.1) is 17.7 Å². The summed E-state index contributed by atoms with van der Waals surface area (Å²) < 4.78 is 7.05. The highest BCUT2D eigenvalue weighted by Crippen LogP contribution is 2.40. The van der Waals surface area contributed by atoms with E-state index in [1.54, 1.807) is 23.6 Å². The maximum atomic E-state index is 6.53. The normalized spacial score (nSPS) is 10.7. The summed E-state index contributed by atoms with van der Waals surface area (Å²) in [6, 6.07) is 28.0. The average molecular weight is 373 g/mol. The van der Waals surface area contributed by atoms with E-state index in [9.17, 15) is 0 Å². The van der Waals surface area contributed by atoms with Gasteiger partial charge in [0, 0.05) is 10.5 Å². The fourth-order valence-electron chi connectivity index (χ4n) is 2.83. The van der Waals surface area contributed by atoms with Gasteiger partial charge < -0.3 is 10.5 Å². The van der Waals surface area contributed by atoms with Crippen molar-refractivity contribution in [2.24, 2.45) is 0 Å². The largest absolute Gasteiger partial charge is 0.497 e. The van der Waals surface area contributed by atoms with Crippen molar-refractivity contribution in [3.05, 3.63) is 84.9 Å². The second kappa shape index (κ2) is 7.60. The third-order valence-corrected chi connectivity index (χ3v) is 5.32. The predicted molar refractivity (Wildman–Crippen MR) is 111 cm³/mol. The summed E-state index contributed by atoms with van der Waals surface area (Å²) in [6.45, 7) is 0. The number of nitrogens with two attached hydrogens (primary N) is 1. The zero-order valence-corrected chi connectivity index (χ0v) is 15.7. The molecule has 0 aliphatic rings. The zero-order chi connectivity index (χ0) is 18.6. The molecule has 1 heterocycles. The van der Waals surface area contributed by atoms with Gasteiger partial charge in [-0.15, -0.1) is 0 Å². The van der Waals surface area contributed by atoms with E-state index < -0.39 is 0 Å². The minimum atomic E-state index is 0.626. The van der Waals surface area contributed by atoms with E-state index in [0.29, 0.717) is 5.82 Å². The molecule has 4 rings (SSSR count). The van der Waals surface area contributed by atoms with Gasteiger partial charge in [-0.2, -0.15) is 5.10 Å². The van der Waals surface area contributed by atoms with Gasteiger partial charge in [0.15, 0.2) is 0 Å². The van der Waals surface area contributed by atoms with Crippen LogP contribution >= 0.6 is 11.8 Å². The quantitative estimate of drug-likeness (QED) is 0.517. The highest BCUT2D eigenvalue weighted by Gasteiger charge is 2.19. The molecule has 0 bridgehead atoms. The van der Waals surface area contributed by atoms with E-state index in [-0.39, 0.29) is 0 Å². The number of benzene rings is 3. The molecular formula is C22H19N3OS. The second-order valence-corrected chi connectivity index (χ2v) is 7.04. The van der Waals surface area contributed by atoms with Crippen molar-refractivity contribution in [1.29, 1.82) is 0 Å². The molecule has 0 spiro atoms. The van der Waals surface area contributed by atoms with Crippen LogP contribution in [-0.4, -0.2) is 16.9 Å². The SMILES string of the molecule is COc1ccc(Sc2c(-c3ccccc3)nn(-c3ccccc3)c2N)cc1. The summed E-state index contributed by atoms with van der Waals surface area (Å²) in [6.07, 6.45) is 0. The van der Waals surface area contributed by atoms with Crippen LogP contribution in [-0.2, 0) is 0 Å². The van der Waals surface area contributed by atoms with Gasteiger partial charge in [-0.25, -0.2) is 4.68 Å². The van der Waals surface area contributed by atoms with Crippen molar-refractivity contribution in [2.75, 3.05) is 12.8 Å². The summed E-state index contributed by atoms with van der Waals surface area (Å²) in [5, 5.41) is 4.83. The lowest BCUT2D eigenvalue weighted by Gasteiger charge is -2.06. The number of para-hydroxylation sites is 1.